The highest BCUT2D eigenvalue weighted by atomic mass is 31.2. The Morgan fingerprint density at radius 3 is 1.80 bits per heavy atom. The minimum atomic E-state index is -0.643. The van der Waals surface area contributed by atoms with Gasteiger partial charge in [-0.15, -0.1) is 0 Å². The number of unbranched alkanes of at least 4 members (excludes halogenated alkanes) is 1. The molecule has 0 aromatic carbocycles. The average Bonchev–Trinajstić information content (AvgIpc) is 2.02. The monoisotopic (exact) mass is 235 g/mol. The van der Waals surface area contributed by atoms with Crippen LogP contribution in [-0.4, -0.2) is 37.7 Å². The summed E-state index contributed by atoms with van der Waals surface area (Å²) in [5.74, 6) is -0.754. The molecule has 0 saturated heterocycles. The normalized spacial score (nSPS) is 12.7. The van der Waals surface area contributed by atoms with Crippen molar-refractivity contribution in [3.05, 3.63) is 0 Å². The van der Waals surface area contributed by atoms with Crippen molar-refractivity contribution >= 4 is 13.2 Å². The van der Waals surface area contributed by atoms with E-state index in [1.54, 1.807) is 0 Å². The van der Waals surface area contributed by atoms with Crippen LogP contribution in [0.1, 0.15) is 39.5 Å². The van der Waals surface area contributed by atoms with E-state index in [0.717, 1.165) is 25.7 Å². The van der Waals surface area contributed by atoms with Gasteiger partial charge in [0, 0.05) is 33.9 Å². The lowest BCUT2D eigenvalue weighted by molar-refractivity contribution is -0.142. The van der Waals surface area contributed by atoms with Crippen LogP contribution in [-0.2, 0) is 4.79 Å². The van der Waals surface area contributed by atoms with Gasteiger partial charge >= 0.3 is 5.97 Å². The van der Waals surface area contributed by atoms with Crippen LogP contribution in [0.2, 0.25) is 0 Å². The molecule has 0 heterocycles. The summed E-state index contributed by atoms with van der Waals surface area (Å²) in [4.78, 5) is 10.4. The van der Waals surface area contributed by atoms with Crippen LogP contribution < -0.4 is 0 Å². The molecule has 0 aliphatic rings. The van der Waals surface area contributed by atoms with E-state index in [1.807, 2.05) is 6.92 Å². The standard InChI is InChI=1S/C8H16O2.C4H12P/c1-3-5-6-7(4-2)8(9)10;1-5(2,3)4/h7H,3-6H2,1-2H3,(H,9,10);1-4H3/q;+1. The highest BCUT2D eigenvalue weighted by Gasteiger charge is 2.12. The van der Waals surface area contributed by atoms with Crippen LogP contribution in [0.4, 0.5) is 0 Å². The summed E-state index contributed by atoms with van der Waals surface area (Å²) in [6.45, 7) is 13.2. The summed E-state index contributed by atoms with van der Waals surface area (Å²) in [5.41, 5.74) is 0. The van der Waals surface area contributed by atoms with Crippen LogP contribution in [0, 0.1) is 5.92 Å². The van der Waals surface area contributed by atoms with Gasteiger partial charge in [0.1, 0.15) is 0 Å². The number of carbonyl (C=O) groups is 1. The molecule has 0 amide bonds. The first-order valence-electron chi connectivity index (χ1n) is 5.74. The lowest BCUT2D eigenvalue weighted by Crippen LogP contribution is -2.11. The van der Waals surface area contributed by atoms with E-state index in [2.05, 4.69) is 33.6 Å². The number of hydrogen-bond acceptors (Lipinski definition) is 1. The maximum absolute atomic E-state index is 10.4. The van der Waals surface area contributed by atoms with E-state index in [9.17, 15) is 4.79 Å². The number of rotatable bonds is 5. The third-order valence-corrected chi connectivity index (χ3v) is 1.75. The van der Waals surface area contributed by atoms with Gasteiger partial charge in [-0.3, -0.25) is 4.79 Å². The molecule has 0 rings (SSSR count). The van der Waals surface area contributed by atoms with Gasteiger partial charge in [-0.1, -0.05) is 26.7 Å². The van der Waals surface area contributed by atoms with Crippen LogP contribution in [0.3, 0.4) is 0 Å². The largest absolute Gasteiger partial charge is 0.481 e. The molecule has 0 aromatic rings. The summed E-state index contributed by atoms with van der Waals surface area (Å²) in [7, 11) is -0.389. The van der Waals surface area contributed by atoms with Crippen molar-refractivity contribution in [2.45, 2.75) is 39.5 Å². The van der Waals surface area contributed by atoms with Crippen molar-refractivity contribution < 1.29 is 9.90 Å². The van der Waals surface area contributed by atoms with Gasteiger partial charge in [0.25, 0.3) is 0 Å². The maximum atomic E-state index is 10.4. The third-order valence-electron chi connectivity index (χ3n) is 1.75. The van der Waals surface area contributed by atoms with Crippen LogP contribution >= 0.6 is 7.26 Å². The van der Waals surface area contributed by atoms with Gasteiger partial charge in [-0.25, -0.2) is 0 Å². The summed E-state index contributed by atoms with van der Waals surface area (Å²) >= 11 is 0. The van der Waals surface area contributed by atoms with Gasteiger partial charge in [-0.05, 0) is 12.8 Å². The third kappa shape index (κ3) is 20.1. The fourth-order valence-corrected chi connectivity index (χ4v) is 0.953. The molecule has 1 unspecified atom stereocenters. The Balaban J connectivity index is 0. The molecule has 0 aromatic heterocycles. The van der Waals surface area contributed by atoms with Crippen LogP contribution in [0.25, 0.3) is 0 Å². The minimum Gasteiger partial charge on any atom is -0.481 e. The van der Waals surface area contributed by atoms with Crippen LogP contribution in [0.5, 0.6) is 0 Å². The Morgan fingerprint density at radius 2 is 1.60 bits per heavy atom. The van der Waals surface area contributed by atoms with E-state index >= 15 is 0 Å². The zero-order valence-corrected chi connectivity index (χ0v) is 12.1. The zero-order chi connectivity index (χ0) is 12.5. The number of carboxylic acids is 1. The second kappa shape index (κ2) is 9.15. The molecule has 0 bridgehead atoms. The van der Waals surface area contributed by atoms with E-state index in [0.29, 0.717) is 0 Å². The summed E-state index contributed by atoms with van der Waals surface area (Å²) in [6.07, 6.45) is 3.71. The molecular weight excluding hydrogens is 207 g/mol. The minimum absolute atomic E-state index is 0.111. The second-order valence-electron chi connectivity index (χ2n) is 5.27. The lowest BCUT2D eigenvalue weighted by Gasteiger charge is -2.06. The molecule has 1 atom stereocenters. The highest BCUT2D eigenvalue weighted by Crippen LogP contribution is 2.40. The fraction of sp³-hybridized carbons (Fsp3) is 0.917. The van der Waals surface area contributed by atoms with Gasteiger partial charge in [0.15, 0.2) is 0 Å². The van der Waals surface area contributed by atoms with Crippen molar-refractivity contribution in [2.24, 2.45) is 5.92 Å². The molecule has 1 N–H and O–H groups in total. The first-order valence-corrected chi connectivity index (χ1v) is 9.31. The number of carboxylic acid groups (broad SMARTS) is 1. The lowest BCUT2D eigenvalue weighted by atomic mass is 10.00. The van der Waals surface area contributed by atoms with Gasteiger partial charge < -0.3 is 5.11 Å². The Hall–Kier alpha value is -0.100. The topological polar surface area (TPSA) is 37.3 Å². The molecular formula is C12H28O2P+. The van der Waals surface area contributed by atoms with E-state index in [1.165, 1.54) is 0 Å². The molecule has 0 aliphatic heterocycles. The molecule has 0 saturated carbocycles. The van der Waals surface area contributed by atoms with Crippen molar-refractivity contribution in [2.75, 3.05) is 26.7 Å². The summed E-state index contributed by atoms with van der Waals surface area (Å²) in [5, 5.41) is 8.60. The zero-order valence-electron chi connectivity index (χ0n) is 11.2. The SMILES string of the molecule is CCCCC(CC)C(=O)O.C[P+](C)(C)C. The average molecular weight is 235 g/mol. The maximum Gasteiger partial charge on any atom is 0.306 e. The first-order chi connectivity index (χ1) is 6.72. The number of aliphatic carboxylic acids is 1. The predicted molar refractivity (Wildman–Crippen MR) is 71.6 cm³/mol. The Bertz CT molecular complexity index is 155. The summed E-state index contributed by atoms with van der Waals surface area (Å²) < 4.78 is 0. The smallest absolute Gasteiger partial charge is 0.306 e. The van der Waals surface area contributed by atoms with Crippen molar-refractivity contribution in [3.63, 3.8) is 0 Å². The molecule has 0 radical (unpaired) electrons. The Morgan fingerprint density at radius 1 is 1.20 bits per heavy atom. The molecule has 0 spiro atoms. The van der Waals surface area contributed by atoms with Gasteiger partial charge in [0.2, 0.25) is 0 Å². The molecule has 92 valence electrons. The van der Waals surface area contributed by atoms with Gasteiger partial charge in [-0.2, -0.15) is 0 Å². The quantitative estimate of drug-likeness (QED) is 0.736. The highest BCUT2D eigenvalue weighted by molar-refractivity contribution is 7.73. The molecule has 0 fully saturated rings. The van der Waals surface area contributed by atoms with E-state index in [-0.39, 0.29) is 13.2 Å². The Labute approximate surface area is 95.8 Å². The first kappa shape index (κ1) is 17.3. The second-order valence-corrected chi connectivity index (χ2v) is 10.6. The van der Waals surface area contributed by atoms with Crippen molar-refractivity contribution in [1.29, 1.82) is 0 Å². The number of hydrogen-bond donors (Lipinski definition) is 1. The van der Waals surface area contributed by atoms with Crippen molar-refractivity contribution in [1.82, 2.24) is 0 Å². The summed E-state index contributed by atoms with van der Waals surface area (Å²) in [6, 6.07) is 0. The molecule has 15 heavy (non-hydrogen) atoms. The van der Waals surface area contributed by atoms with E-state index < -0.39 is 5.97 Å². The van der Waals surface area contributed by atoms with Crippen LogP contribution in [0.15, 0.2) is 0 Å². The predicted octanol–water partition coefficient (Wildman–Crippen LogP) is 3.81. The van der Waals surface area contributed by atoms with Crippen molar-refractivity contribution in [3.8, 4) is 0 Å². The Kier molecular flexibility index (Phi) is 10.6. The van der Waals surface area contributed by atoms with Gasteiger partial charge in [0.05, 0.1) is 5.92 Å². The fourth-order valence-electron chi connectivity index (χ4n) is 0.953. The van der Waals surface area contributed by atoms with E-state index in [4.69, 9.17) is 5.11 Å². The molecule has 0 aliphatic carbocycles. The molecule has 2 nitrogen and oxygen atoms in total. The molecule has 3 heteroatoms.